The van der Waals surface area contributed by atoms with Crippen molar-refractivity contribution in [2.75, 3.05) is 58.9 Å². The molecule has 4 nitrogen and oxygen atoms in total. The van der Waals surface area contributed by atoms with E-state index >= 15 is 0 Å². The molecule has 0 aromatic heterocycles. The van der Waals surface area contributed by atoms with Crippen LogP contribution in [-0.2, 0) is 0 Å². The Labute approximate surface area is 124 Å². The van der Waals surface area contributed by atoms with Gasteiger partial charge in [0.1, 0.15) is 0 Å². The Morgan fingerprint density at radius 1 is 0.800 bits per heavy atom. The molecule has 3 aliphatic heterocycles. The molecule has 0 amide bonds. The van der Waals surface area contributed by atoms with Crippen molar-refractivity contribution in [3.63, 3.8) is 0 Å². The fourth-order valence-corrected chi connectivity index (χ4v) is 4.20. The van der Waals surface area contributed by atoms with Gasteiger partial charge in [-0.2, -0.15) is 0 Å². The first-order valence-corrected chi connectivity index (χ1v) is 8.81. The summed E-state index contributed by atoms with van der Waals surface area (Å²) in [6, 6.07) is 0.772. The summed E-state index contributed by atoms with van der Waals surface area (Å²) in [7, 11) is 0. The third-order valence-corrected chi connectivity index (χ3v) is 5.40. The van der Waals surface area contributed by atoms with Gasteiger partial charge in [0.15, 0.2) is 0 Å². The third kappa shape index (κ3) is 3.94. The zero-order valence-corrected chi connectivity index (χ0v) is 12.9. The predicted molar refractivity (Wildman–Crippen MR) is 84.1 cm³/mol. The third-order valence-electron chi connectivity index (χ3n) is 5.40. The molecule has 3 rings (SSSR count). The van der Waals surface area contributed by atoms with Crippen molar-refractivity contribution in [1.29, 1.82) is 0 Å². The maximum Gasteiger partial charge on any atom is 0.0262 e. The predicted octanol–water partition coefficient (Wildman–Crippen LogP) is 0.746. The topological polar surface area (TPSA) is 30.5 Å². The maximum absolute atomic E-state index is 3.63. The molecule has 2 atom stereocenters. The Bertz CT molecular complexity index is 270. The fourth-order valence-electron chi connectivity index (χ4n) is 4.20. The van der Waals surface area contributed by atoms with Crippen LogP contribution in [0.5, 0.6) is 0 Å². The number of likely N-dealkylation sites (tertiary alicyclic amines) is 1. The van der Waals surface area contributed by atoms with E-state index in [1.54, 1.807) is 0 Å². The highest BCUT2D eigenvalue weighted by atomic mass is 15.2. The van der Waals surface area contributed by atoms with Gasteiger partial charge >= 0.3 is 0 Å². The quantitative estimate of drug-likeness (QED) is 0.798. The molecule has 0 aromatic rings. The van der Waals surface area contributed by atoms with Gasteiger partial charge in [0.05, 0.1) is 0 Å². The minimum Gasteiger partial charge on any atom is -0.315 e. The molecule has 4 heteroatoms. The van der Waals surface area contributed by atoms with Crippen molar-refractivity contribution in [2.45, 2.75) is 38.1 Å². The molecule has 3 heterocycles. The van der Waals surface area contributed by atoms with Gasteiger partial charge in [-0.15, -0.1) is 0 Å². The molecular formula is C16H32N4. The van der Waals surface area contributed by atoms with Gasteiger partial charge in [0.2, 0.25) is 0 Å². The molecule has 3 aliphatic rings. The molecule has 0 bridgehead atoms. The van der Waals surface area contributed by atoms with Gasteiger partial charge in [-0.1, -0.05) is 12.8 Å². The van der Waals surface area contributed by atoms with Crippen molar-refractivity contribution < 1.29 is 0 Å². The van der Waals surface area contributed by atoms with Gasteiger partial charge in [0.25, 0.3) is 0 Å². The summed E-state index contributed by atoms with van der Waals surface area (Å²) < 4.78 is 0. The lowest BCUT2D eigenvalue weighted by atomic mass is 9.90. The average Bonchev–Trinajstić information content (AvgIpc) is 2.77. The second-order valence-corrected chi connectivity index (χ2v) is 6.82. The highest BCUT2D eigenvalue weighted by Crippen LogP contribution is 2.21. The summed E-state index contributed by atoms with van der Waals surface area (Å²) in [6.45, 7) is 11.3. The zero-order valence-electron chi connectivity index (χ0n) is 12.9. The minimum atomic E-state index is 0.772. The normalized spacial score (nSPS) is 34.8. The lowest BCUT2D eigenvalue weighted by Crippen LogP contribution is -2.58. The summed E-state index contributed by atoms with van der Waals surface area (Å²) in [4.78, 5) is 5.50. The summed E-state index contributed by atoms with van der Waals surface area (Å²) in [5, 5.41) is 7.12. The highest BCUT2D eigenvalue weighted by molar-refractivity contribution is 4.89. The number of hydrogen-bond acceptors (Lipinski definition) is 4. The van der Waals surface area contributed by atoms with Crippen LogP contribution in [0.1, 0.15) is 32.1 Å². The molecule has 0 aromatic carbocycles. The highest BCUT2D eigenvalue weighted by Gasteiger charge is 2.31. The molecule has 0 saturated carbocycles. The van der Waals surface area contributed by atoms with Crippen LogP contribution in [0.15, 0.2) is 0 Å². The van der Waals surface area contributed by atoms with Crippen molar-refractivity contribution in [3.05, 3.63) is 0 Å². The summed E-state index contributed by atoms with van der Waals surface area (Å²) in [6.07, 6.45) is 7.10. The van der Waals surface area contributed by atoms with Crippen LogP contribution in [0, 0.1) is 5.92 Å². The summed E-state index contributed by atoms with van der Waals surface area (Å²) in [5.74, 6) is 0.882. The van der Waals surface area contributed by atoms with E-state index in [0.717, 1.165) is 12.0 Å². The zero-order chi connectivity index (χ0) is 13.6. The largest absolute Gasteiger partial charge is 0.315 e. The average molecular weight is 280 g/mol. The van der Waals surface area contributed by atoms with Gasteiger partial charge in [-0.05, 0) is 44.8 Å². The first-order valence-electron chi connectivity index (χ1n) is 8.81. The first-order chi connectivity index (χ1) is 9.93. The molecule has 20 heavy (non-hydrogen) atoms. The minimum absolute atomic E-state index is 0.772. The molecule has 116 valence electrons. The lowest BCUT2D eigenvalue weighted by Gasteiger charge is -2.43. The number of rotatable bonds is 3. The van der Waals surface area contributed by atoms with E-state index in [0.29, 0.717) is 0 Å². The van der Waals surface area contributed by atoms with Crippen LogP contribution < -0.4 is 10.6 Å². The summed E-state index contributed by atoms with van der Waals surface area (Å²) in [5.41, 5.74) is 0. The van der Waals surface area contributed by atoms with Crippen molar-refractivity contribution >= 4 is 0 Å². The number of piperidine rings is 1. The van der Waals surface area contributed by atoms with Crippen molar-refractivity contribution in [3.8, 4) is 0 Å². The fraction of sp³-hybridized carbons (Fsp3) is 1.00. The standard InChI is InChI=1S/C16H32N4/c1-2-4-10-19(9-3-1)14-15-5-6-18-13-16(15)20-11-7-17-8-12-20/h15-18H,1-14H2. The van der Waals surface area contributed by atoms with Crippen molar-refractivity contribution in [1.82, 2.24) is 20.4 Å². The Kier molecular flexibility index (Phi) is 5.71. The number of nitrogens with zero attached hydrogens (tertiary/aromatic N) is 2. The second-order valence-electron chi connectivity index (χ2n) is 6.82. The monoisotopic (exact) mass is 280 g/mol. The molecule has 2 unspecified atom stereocenters. The molecular weight excluding hydrogens is 248 g/mol. The molecule has 2 N–H and O–H groups in total. The molecule has 0 spiro atoms. The Hall–Kier alpha value is -0.160. The molecule has 3 fully saturated rings. The SMILES string of the molecule is C1CCCN(CC2CCNCC2N2CCNCC2)CC1. The molecule has 0 radical (unpaired) electrons. The summed E-state index contributed by atoms with van der Waals surface area (Å²) >= 11 is 0. The van der Waals surface area contributed by atoms with Gasteiger partial charge in [-0.3, -0.25) is 4.90 Å². The number of piperazine rings is 1. The Balaban J connectivity index is 1.56. The van der Waals surface area contributed by atoms with E-state index in [1.807, 2.05) is 0 Å². The van der Waals surface area contributed by atoms with Crippen LogP contribution in [0.3, 0.4) is 0 Å². The second kappa shape index (κ2) is 7.74. The van der Waals surface area contributed by atoms with Gasteiger partial charge in [-0.25, -0.2) is 0 Å². The van der Waals surface area contributed by atoms with E-state index in [1.165, 1.54) is 91.0 Å². The lowest BCUT2D eigenvalue weighted by molar-refractivity contribution is 0.0771. The number of nitrogens with one attached hydrogen (secondary N) is 2. The van der Waals surface area contributed by atoms with Crippen LogP contribution in [0.4, 0.5) is 0 Å². The number of hydrogen-bond donors (Lipinski definition) is 2. The first kappa shape index (κ1) is 14.8. The van der Waals surface area contributed by atoms with E-state index in [-0.39, 0.29) is 0 Å². The van der Waals surface area contributed by atoms with E-state index in [2.05, 4.69) is 20.4 Å². The van der Waals surface area contributed by atoms with Gasteiger partial charge < -0.3 is 15.5 Å². The Morgan fingerprint density at radius 2 is 1.55 bits per heavy atom. The molecule has 0 aliphatic carbocycles. The van der Waals surface area contributed by atoms with E-state index in [4.69, 9.17) is 0 Å². The van der Waals surface area contributed by atoms with Crippen LogP contribution in [-0.4, -0.2) is 74.7 Å². The van der Waals surface area contributed by atoms with E-state index < -0.39 is 0 Å². The van der Waals surface area contributed by atoms with Crippen LogP contribution in [0.2, 0.25) is 0 Å². The Morgan fingerprint density at radius 3 is 2.30 bits per heavy atom. The van der Waals surface area contributed by atoms with Crippen LogP contribution >= 0.6 is 0 Å². The van der Waals surface area contributed by atoms with E-state index in [9.17, 15) is 0 Å². The molecule has 3 saturated heterocycles. The maximum atomic E-state index is 3.63. The van der Waals surface area contributed by atoms with Crippen LogP contribution in [0.25, 0.3) is 0 Å². The van der Waals surface area contributed by atoms with Crippen molar-refractivity contribution in [2.24, 2.45) is 5.92 Å². The smallest absolute Gasteiger partial charge is 0.0262 e. The van der Waals surface area contributed by atoms with Gasteiger partial charge in [0, 0.05) is 45.3 Å².